The van der Waals surface area contributed by atoms with Crippen LogP contribution < -0.4 is 16.0 Å². The van der Waals surface area contributed by atoms with Crippen LogP contribution in [0.4, 0.5) is 5.82 Å². The lowest BCUT2D eigenvalue weighted by Gasteiger charge is -2.06. The second-order valence-electron chi connectivity index (χ2n) is 3.06. The highest BCUT2D eigenvalue weighted by Crippen LogP contribution is 2.10. The first kappa shape index (κ1) is 10.5. The summed E-state index contributed by atoms with van der Waals surface area (Å²) in [5, 5.41) is 0. The zero-order chi connectivity index (χ0) is 10.4. The molecule has 0 amide bonds. The monoisotopic (exact) mass is 193 g/mol. The number of aromatic nitrogens is 1. The molecule has 0 aliphatic heterocycles. The first-order valence-corrected chi connectivity index (χ1v) is 4.43. The Hall–Kier alpha value is -1.55. The van der Waals surface area contributed by atoms with Crippen LogP contribution in [0.25, 0.3) is 0 Å². The van der Waals surface area contributed by atoms with E-state index in [0.717, 1.165) is 12.0 Å². The summed E-state index contributed by atoms with van der Waals surface area (Å²) in [7, 11) is 0. The van der Waals surface area contributed by atoms with E-state index in [1.165, 1.54) is 0 Å². The number of rotatable bonds is 5. The van der Waals surface area contributed by atoms with Crippen LogP contribution in [0, 0.1) is 0 Å². The van der Waals surface area contributed by atoms with Crippen LogP contribution in [0.1, 0.15) is 13.3 Å². The molecule has 0 saturated carbocycles. The molecule has 4 nitrogen and oxygen atoms in total. The van der Waals surface area contributed by atoms with Gasteiger partial charge in [0.1, 0.15) is 5.82 Å². The van der Waals surface area contributed by atoms with Gasteiger partial charge in [0.2, 0.25) is 5.88 Å². The van der Waals surface area contributed by atoms with Crippen LogP contribution in [0.5, 0.6) is 5.88 Å². The average molecular weight is 193 g/mol. The molecular formula is C10H15N3O. The van der Waals surface area contributed by atoms with Crippen LogP contribution in [-0.4, -0.2) is 11.6 Å². The molecule has 0 aliphatic rings. The third-order valence-corrected chi connectivity index (χ3v) is 1.65. The first-order chi connectivity index (χ1) is 6.72. The molecule has 0 atom stereocenters. The molecule has 14 heavy (non-hydrogen) atoms. The minimum Gasteiger partial charge on any atom is -0.477 e. The zero-order valence-corrected chi connectivity index (χ0v) is 8.29. The van der Waals surface area contributed by atoms with Crippen molar-refractivity contribution < 1.29 is 4.74 Å². The van der Waals surface area contributed by atoms with Crippen LogP contribution in [0.15, 0.2) is 30.4 Å². The molecule has 76 valence electrons. The standard InChI is InChI=1S/C10H15N3O/c1-8(2)6-7-14-10-5-3-4-9(12-10)13-11/h3-5H,1,6-7,11H2,2H3,(H,12,13). The smallest absolute Gasteiger partial charge is 0.215 e. The zero-order valence-electron chi connectivity index (χ0n) is 8.29. The molecule has 1 heterocycles. The molecule has 4 heteroatoms. The molecule has 1 aromatic heterocycles. The third-order valence-electron chi connectivity index (χ3n) is 1.65. The molecule has 0 aliphatic carbocycles. The Morgan fingerprint density at radius 1 is 1.64 bits per heavy atom. The van der Waals surface area contributed by atoms with Crippen LogP contribution >= 0.6 is 0 Å². The van der Waals surface area contributed by atoms with Crippen molar-refractivity contribution in [2.75, 3.05) is 12.0 Å². The van der Waals surface area contributed by atoms with E-state index in [0.29, 0.717) is 18.3 Å². The topological polar surface area (TPSA) is 60.2 Å². The van der Waals surface area contributed by atoms with Gasteiger partial charge in [-0.1, -0.05) is 11.6 Å². The Bertz CT molecular complexity index is 312. The number of hydrazine groups is 1. The number of anilines is 1. The number of hydrogen-bond acceptors (Lipinski definition) is 4. The molecule has 0 spiro atoms. The first-order valence-electron chi connectivity index (χ1n) is 4.43. The van der Waals surface area contributed by atoms with E-state index >= 15 is 0 Å². The van der Waals surface area contributed by atoms with Gasteiger partial charge in [-0.05, 0) is 13.0 Å². The van der Waals surface area contributed by atoms with Crippen molar-refractivity contribution in [2.24, 2.45) is 5.84 Å². The van der Waals surface area contributed by atoms with Gasteiger partial charge < -0.3 is 10.2 Å². The van der Waals surface area contributed by atoms with Gasteiger partial charge in [-0.3, -0.25) is 0 Å². The number of hydrogen-bond donors (Lipinski definition) is 2. The fourth-order valence-corrected chi connectivity index (χ4v) is 0.905. The van der Waals surface area contributed by atoms with Gasteiger partial charge in [-0.15, -0.1) is 6.58 Å². The van der Waals surface area contributed by atoms with Crippen molar-refractivity contribution in [1.82, 2.24) is 4.98 Å². The van der Waals surface area contributed by atoms with Crippen molar-refractivity contribution in [3.05, 3.63) is 30.4 Å². The van der Waals surface area contributed by atoms with Gasteiger partial charge in [0, 0.05) is 12.5 Å². The van der Waals surface area contributed by atoms with E-state index in [4.69, 9.17) is 10.6 Å². The van der Waals surface area contributed by atoms with Crippen LogP contribution in [0.2, 0.25) is 0 Å². The van der Waals surface area contributed by atoms with E-state index in [1.807, 2.05) is 13.0 Å². The summed E-state index contributed by atoms with van der Waals surface area (Å²) in [5.74, 6) is 6.38. The number of pyridine rings is 1. The van der Waals surface area contributed by atoms with Crippen molar-refractivity contribution in [1.29, 1.82) is 0 Å². The largest absolute Gasteiger partial charge is 0.477 e. The minimum absolute atomic E-state index is 0.571. The number of nitrogen functional groups attached to an aromatic ring is 1. The van der Waals surface area contributed by atoms with E-state index in [-0.39, 0.29) is 0 Å². The molecule has 0 saturated heterocycles. The van der Waals surface area contributed by atoms with Crippen molar-refractivity contribution in [3.8, 4) is 5.88 Å². The Labute approximate surface area is 83.8 Å². The summed E-state index contributed by atoms with van der Waals surface area (Å²) in [5.41, 5.74) is 3.55. The predicted octanol–water partition coefficient (Wildman–Crippen LogP) is 1.71. The molecule has 0 bridgehead atoms. The summed E-state index contributed by atoms with van der Waals surface area (Å²) < 4.78 is 5.39. The molecule has 0 radical (unpaired) electrons. The Kier molecular flexibility index (Phi) is 3.94. The van der Waals surface area contributed by atoms with Crippen LogP contribution in [0.3, 0.4) is 0 Å². The maximum absolute atomic E-state index is 5.39. The summed E-state index contributed by atoms with van der Waals surface area (Å²) in [6.07, 6.45) is 0.835. The maximum Gasteiger partial charge on any atom is 0.215 e. The number of nitrogens with one attached hydrogen (secondary N) is 1. The summed E-state index contributed by atoms with van der Waals surface area (Å²) >= 11 is 0. The number of nitrogens with two attached hydrogens (primary N) is 1. The van der Waals surface area contributed by atoms with Gasteiger partial charge >= 0.3 is 0 Å². The highest BCUT2D eigenvalue weighted by atomic mass is 16.5. The average Bonchev–Trinajstić information content (AvgIpc) is 2.18. The molecular weight excluding hydrogens is 178 g/mol. The maximum atomic E-state index is 5.39. The predicted molar refractivity (Wildman–Crippen MR) is 57.0 cm³/mol. The SMILES string of the molecule is C=C(C)CCOc1cccc(NN)n1. The second kappa shape index (κ2) is 5.24. The third kappa shape index (κ3) is 3.45. The van der Waals surface area contributed by atoms with E-state index in [1.54, 1.807) is 12.1 Å². The highest BCUT2D eigenvalue weighted by molar-refractivity contribution is 5.35. The van der Waals surface area contributed by atoms with Crippen LogP contribution in [-0.2, 0) is 0 Å². The molecule has 1 aromatic rings. The van der Waals surface area contributed by atoms with Gasteiger partial charge in [-0.25, -0.2) is 5.84 Å². The lowest BCUT2D eigenvalue weighted by atomic mass is 10.3. The van der Waals surface area contributed by atoms with Crippen molar-refractivity contribution >= 4 is 5.82 Å². The van der Waals surface area contributed by atoms with Crippen molar-refractivity contribution in [3.63, 3.8) is 0 Å². The summed E-state index contributed by atoms with van der Waals surface area (Å²) in [4.78, 5) is 4.10. The summed E-state index contributed by atoms with van der Waals surface area (Å²) in [6, 6.07) is 5.39. The highest BCUT2D eigenvalue weighted by Gasteiger charge is 1.96. The Morgan fingerprint density at radius 2 is 2.43 bits per heavy atom. The van der Waals surface area contributed by atoms with E-state index in [2.05, 4.69) is 17.0 Å². The van der Waals surface area contributed by atoms with Gasteiger partial charge in [0.25, 0.3) is 0 Å². The molecule has 0 fully saturated rings. The minimum atomic E-state index is 0.571. The normalized spacial score (nSPS) is 9.57. The lowest BCUT2D eigenvalue weighted by Crippen LogP contribution is -2.09. The fourth-order valence-electron chi connectivity index (χ4n) is 0.905. The molecule has 0 unspecified atom stereocenters. The summed E-state index contributed by atoms with van der Waals surface area (Å²) in [6.45, 7) is 6.35. The Balaban J connectivity index is 2.46. The fraction of sp³-hybridized carbons (Fsp3) is 0.300. The second-order valence-corrected chi connectivity index (χ2v) is 3.06. The van der Waals surface area contributed by atoms with Crippen molar-refractivity contribution in [2.45, 2.75) is 13.3 Å². The van der Waals surface area contributed by atoms with Gasteiger partial charge in [-0.2, -0.15) is 4.98 Å². The van der Waals surface area contributed by atoms with Gasteiger partial charge in [0.05, 0.1) is 6.61 Å². The number of nitrogens with zero attached hydrogens (tertiary/aromatic N) is 1. The van der Waals surface area contributed by atoms with Gasteiger partial charge in [0.15, 0.2) is 0 Å². The lowest BCUT2D eigenvalue weighted by molar-refractivity contribution is 0.310. The van der Waals surface area contributed by atoms with E-state index in [9.17, 15) is 0 Å². The number of ether oxygens (including phenoxy) is 1. The quantitative estimate of drug-likeness (QED) is 0.424. The molecule has 0 aromatic carbocycles. The van der Waals surface area contributed by atoms with E-state index < -0.39 is 0 Å². The Morgan fingerprint density at radius 3 is 3.07 bits per heavy atom. The molecule has 1 rings (SSSR count). The molecule has 3 N–H and O–H groups in total.